The van der Waals surface area contributed by atoms with Crippen molar-refractivity contribution in [3.05, 3.63) is 41.6 Å². The Morgan fingerprint density at radius 1 is 1.40 bits per heavy atom. The van der Waals surface area contributed by atoms with Crippen LogP contribution in [0, 0.1) is 6.08 Å². The van der Waals surface area contributed by atoms with Crippen molar-refractivity contribution >= 4 is 11.9 Å². The Morgan fingerprint density at radius 3 is 3.00 bits per heavy atom. The predicted molar refractivity (Wildman–Crippen MR) is 58.5 cm³/mol. The first kappa shape index (κ1) is 12.2. The number of rotatable bonds is 1. The van der Waals surface area contributed by atoms with Gasteiger partial charge in [-0.1, -0.05) is 24.2 Å². The summed E-state index contributed by atoms with van der Waals surface area (Å²) in [6, 6.07) is 8.13. The summed E-state index contributed by atoms with van der Waals surface area (Å²) in [6.45, 7) is 2.71. The molecule has 0 unspecified atom stereocenters. The van der Waals surface area contributed by atoms with Gasteiger partial charge in [-0.25, -0.2) is 0 Å². The first-order chi connectivity index (χ1) is 6.90. The molecule has 1 aromatic carbocycles. The van der Waals surface area contributed by atoms with Crippen molar-refractivity contribution in [1.29, 1.82) is 0 Å². The molecule has 1 aliphatic rings. The van der Waals surface area contributed by atoms with Gasteiger partial charge in [-0.15, -0.1) is 13.0 Å². The average molecular weight is 368 g/mol. The van der Waals surface area contributed by atoms with E-state index in [0.29, 0.717) is 0 Å². The molecule has 2 rings (SSSR count). The van der Waals surface area contributed by atoms with Crippen LogP contribution in [0.4, 0.5) is 5.69 Å². The van der Waals surface area contributed by atoms with Gasteiger partial charge in [0.25, 0.3) is 0 Å². The molecule has 1 N–H and O–H groups in total. The van der Waals surface area contributed by atoms with Crippen molar-refractivity contribution in [2.75, 3.05) is 11.9 Å². The Kier molecular flexibility index (Phi) is 4.77. The third-order valence-corrected chi connectivity index (χ3v) is 2.13. The van der Waals surface area contributed by atoms with Crippen LogP contribution in [0.15, 0.2) is 35.0 Å². The number of hydrogen-bond donors (Lipinski definition) is 1. The van der Waals surface area contributed by atoms with E-state index in [1.807, 2.05) is 18.2 Å². The molecule has 0 atom stereocenters. The van der Waals surface area contributed by atoms with Gasteiger partial charge in [-0.05, 0) is 6.54 Å². The molecule has 0 aliphatic carbocycles. The minimum absolute atomic E-state index is 0. The zero-order valence-electron chi connectivity index (χ0n) is 8.58. The molecule has 0 saturated carbocycles. The fourth-order valence-electron chi connectivity index (χ4n) is 1.50. The van der Waals surface area contributed by atoms with Gasteiger partial charge in [-0.2, -0.15) is 23.5 Å². The van der Waals surface area contributed by atoms with Crippen LogP contribution >= 0.6 is 0 Å². The zero-order chi connectivity index (χ0) is 9.80. The van der Waals surface area contributed by atoms with E-state index >= 15 is 0 Å². The Balaban J connectivity index is 0.00000112. The summed E-state index contributed by atoms with van der Waals surface area (Å²) in [6.07, 6.45) is 6.98. The Morgan fingerprint density at radius 2 is 2.20 bits per heavy atom. The van der Waals surface area contributed by atoms with E-state index in [2.05, 4.69) is 28.7 Å². The number of anilines is 1. The molecule has 1 heterocycles. The third kappa shape index (κ3) is 3.03. The number of aliphatic imine (C=N–C) groups is 1. The standard InChI is InChI=1S/C12H12N2.W/c1-2-13-11-7-8-14-12-6-4-3-5-10(12)9-11;/h3-6,14H,7-8H2,1H3;/q-2;+2. The summed E-state index contributed by atoms with van der Waals surface area (Å²) in [4.78, 5) is 4.16. The minimum atomic E-state index is 0. The van der Waals surface area contributed by atoms with Crippen LogP contribution < -0.4 is 5.32 Å². The van der Waals surface area contributed by atoms with Crippen LogP contribution in [0.5, 0.6) is 0 Å². The fourth-order valence-corrected chi connectivity index (χ4v) is 1.50. The summed E-state index contributed by atoms with van der Waals surface area (Å²) in [5, 5.41) is 3.34. The number of nitrogens with one attached hydrogen (secondary N) is 1. The van der Waals surface area contributed by atoms with Gasteiger partial charge in [0.05, 0.1) is 0 Å². The van der Waals surface area contributed by atoms with E-state index in [4.69, 9.17) is 0 Å². The first-order valence-electron chi connectivity index (χ1n) is 4.73. The fraction of sp³-hybridized carbons (Fsp3) is 0.250. The van der Waals surface area contributed by atoms with E-state index < -0.39 is 0 Å². The Hall–Kier alpha value is -0.882. The monoisotopic (exact) mass is 368 g/mol. The van der Waals surface area contributed by atoms with Crippen molar-refractivity contribution in [3.63, 3.8) is 0 Å². The summed E-state index contributed by atoms with van der Waals surface area (Å²) in [5.74, 6) is 0. The minimum Gasteiger partial charge on any atom is -0.473 e. The number of hydrogen-bond acceptors (Lipinski definition) is 2. The molecular formula is C12H12N2W. The van der Waals surface area contributed by atoms with Gasteiger partial charge >= 0.3 is 21.1 Å². The molecule has 0 saturated heterocycles. The second-order valence-corrected chi connectivity index (χ2v) is 3.13. The molecule has 0 radical (unpaired) electrons. The van der Waals surface area contributed by atoms with Crippen molar-refractivity contribution in [2.45, 2.75) is 13.3 Å². The zero-order valence-corrected chi connectivity index (χ0v) is 11.5. The number of nitrogens with zero attached hydrogens (tertiary/aromatic N) is 1. The SMILES string of the molecule is C[C-]=NC1=[C-]c2ccccc2NCC1.[W+2]. The molecule has 0 spiro atoms. The molecule has 15 heavy (non-hydrogen) atoms. The van der Waals surface area contributed by atoms with Crippen molar-refractivity contribution in [2.24, 2.45) is 4.99 Å². The number of benzene rings is 1. The number of fused-ring (bicyclic) bond motifs is 1. The van der Waals surface area contributed by atoms with Crippen molar-refractivity contribution in [1.82, 2.24) is 0 Å². The van der Waals surface area contributed by atoms with E-state index in [0.717, 1.165) is 29.9 Å². The molecule has 3 heteroatoms. The van der Waals surface area contributed by atoms with Crippen molar-refractivity contribution in [3.8, 4) is 0 Å². The van der Waals surface area contributed by atoms with Crippen molar-refractivity contribution < 1.29 is 21.1 Å². The van der Waals surface area contributed by atoms with Crippen LogP contribution in [-0.2, 0) is 21.1 Å². The maximum Gasteiger partial charge on any atom is 2.00 e. The summed E-state index contributed by atoms with van der Waals surface area (Å²) >= 11 is 0. The molecule has 0 fully saturated rings. The second-order valence-electron chi connectivity index (χ2n) is 3.13. The van der Waals surface area contributed by atoms with Gasteiger partial charge < -0.3 is 10.3 Å². The molecule has 76 valence electrons. The molecule has 2 nitrogen and oxygen atoms in total. The summed E-state index contributed by atoms with van der Waals surface area (Å²) in [5.41, 5.74) is 3.18. The normalized spacial score (nSPS) is 14.6. The van der Waals surface area contributed by atoms with Crippen LogP contribution in [0.2, 0.25) is 0 Å². The topological polar surface area (TPSA) is 24.4 Å². The van der Waals surface area contributed by atoms with E-state index in [1.165, 1.54) is 0 Å². The molecular weight excluding hydrogens is 356 g/mol. The van der Waals surface area contributed by atoms with Gasteiger partial charge in [0.1, 0.15) is 0 Å². The predicted octanol–water partition coefficient (Wildman–Crippen LogP) is 2.50. The average Bonchev–Trinajstić information content (AvgIpc) is 2.40. The Bertz CT molecular complexity index is 383. The maximum atomic E-state index is 4.16. The largest absolute Gasteiger partial charge is 2.00 e. The summed E-state index contributed by atoms with van der Waals surface area (Å²) in [7, 11) is 0. The molecule has 0 aromatic heterocycles. The van der Waals surface area contributed by atoms with E-state index in [9.17, 15) is 0 Å². The van der Waals surface area contributed by atoms with Crippen LogP contribution in [0.25, 0.3) is 0 Å². The quantitative estimate of drug-likeness (QED) is 0.598. The van der Waals surface area contributed by atoms with Gasteiger partial charge in [0.15, 0.2) is 0 Å². The van der Waals surface area contributed by atoms with E-state index in [1.54, 1.807) is 6.92 Å². The van der Waals surface area contributed by atoms with Crippen LogP contribution in [0.3, 0.4) is 0 Å². The molecule has 1 aromatic rings. The third-order valence-electron chi connectivity index (χ3n) is 2.13. The molecule has 0 bridgehead atoms. The van der Waals surface area contributed by atoms with Gasteiger partial charge in [0, 0.05) is 0 Å². The molecule has 1 aliphatic heterocycles. The summed E-state index contributed by atoms with van der Waals surface area (Å²) < 4.78 is 0. The molecule has 0 amide bonds. The maximum absolute atomic E-state index is 4.16. The smallest absolute Gasteiger partial charge is 0.473 e. The number of para-hydroxylation sites is 1. The van der Waals surface area contributed by atoms with Crippen LogP contribution in [-0.4, -0.2) is 12.8 Å². The van der Waals surface area contributed by atoms with Gasteiger partial charge in [0.2, 0.25) is 0 Å². The first-order valence-corrected chi connectivity index (χ1v) is 4.73. The Labute approximate surface area is 105 Å². The second kappa shape index (κ2) is 5.87. The van der Waals surface area contributed by atoms with Gasteiger partial charge in [-0.3, -0.25) is 6.08 Å². The van der Waals surface area contributed by atoms with Crippen LogP contribution in [0.1, 0.15) is 18.9 Å². The van der Waals surface area contributed by atoms with E-state index in [-0.39, 0.29) is 21.1 Å².